The Morgan fingerprint density at radius 2 is 2.23 bits per heavy atom. The van der Waals surface area contributed by atoms with Gasteiger partial charge >= 0.3 is 0 Å². The molecule has 0 spiro atoms. The highest BCUT2D eigenvalue weighted by Crippen LogP contribution is 2.24. The maximum Gasteiger partial charge on any atom is 0.266 e. The van der Waals surface area contributed by atoms with Crippen molar-refractivity contribution in [3.63, 3.8) is 0 Å². The fourth-order valence-electron chi connectivity index (χ4n) is 2.41. The van der Waals surface area contributed by atoms with Gasteiger partial charge in [-0.05, 0) is 37.4 Å². The summed E-state index contributed by atoms with van der Waals surface area (Å²) in [5.41, 5.74) is 0.130. The number of nitrogens with zero attached hydrogens (tertiary/aromatic N) is 2. The molecule has 0 bridgehead atoms. The smallest absolute Gasteiger partial charge is 0.266 e. The van der Waals surface area contributed by atoms with Crippen molar-refractivity contribution in [1.82, 2.24) is 10.0 Å². The third-order valence-corrected chi connectivity index (χ3v) is 4.20. The molecule has 1 amide bonds. The van der Waals surface area contributed by atoms with E-state index in [2.05, 4.69) is 10.9 Å². The van der Waals surface area contributed by atoms with Crippen molar-refractivity contribution in [1.29, 1.82) is 0 Å². The Morgan fingerprint density at radius 3 is 2.85 bits per heavy atom. The fraction of sp³-hybridized carbons (Fsp3) is 0.316. The maximum absolute atomic E-state index is 12.5. The normalized spacial score (nSPS) is 12.8. The molecular weight excluding hydrogens is 352 g/mol. The molecule has 1 aromatic heterocycles. The number of rotatable bonds is 8. The van der Waals surface area contributed by atoms with Crippen molar-refractivity contribution in [3.8, 4) is 18.1 Å². The van der Waals surface area contributed by atoms with Crippen LogP contribution < -0.4 is 4.84 Å². The van der Waals surface area contributed by atoms with Crippen LogP contribution in [0.15, 0.2) is 30.5 Å². The summed E-state index contributed by atoms with van der Waals surface area (Å²) in [5, 5.41) is 1.84. The van der Waals surface area contributed by atoms with E-state index in [-0.39, 0.29) is 18.3 Å². The van der Waals surface area contributed by atoms with Gasteiger partial charge in [0.05, 0.1) is 17.9 Å². The quantitative estimate of drug-likeness (QED) is 0.402. The molecule has 0 saturated carbocycles. The molecule has 7 heteroatoms. The van der Waals surface area contributed by atoms with E-state index in [1.54, 1.807) is 43.6 Å². The number of pyridine rings is 1. The first kappa shape index (κ1) is 19.8. The molecule has 0 N–H and O–H groups in total. The predicted octanol–water partition coefficient (Wildman–Crippen LogP) is 2.31. The molecule has 136 valence electrons. The summed E-state index contributed by atoms with van der Waals surface area (Å²) >= 11 is 1.34. The number of thioether (sulfide) groups is 1. The first-order valence-corrected chi connectivity index (χ1v) is 9.18. The summed E-state index contributed by atoms with van der Waals surface area (Å²) in [7, 11) is 1.46. The second-order valence-electron chi connectivity index (χ2n) is 5.84. The van der Waals surface area contributed by atoms with Crippen LogP contribution in [0.5, 0.6) is 5.75 Å². The number of fused-ring (bicyclic) bond motifs is 1. The van der Waals surface area contributed by atoms with E-state index in [4.69, 9.17) is 16.0 Å². The first-order chi connectivity index (χ1) is 12.5. The molecule has 0 radical (unpaired) electrons. The summed E-state index contributed by atoms with van der Waals surface area (Å²) in [6.07, 6.45) is 9.47. The molecule has 0 saturated heterocycles. The zero-order chi connectivity index (χ0) is 19.2. The zero-order valence-corrected chi connectivity index (χ0v) is 15.7. The largest absolute Gasteiger partial charge is 0.382 e. The predicted molar refractivity (Wildman–Crippen MR) is 102 cm³/mol. The minimum atomic E-state index is -1.25. The molecule has 26 heavy (non-hydrogen) atoms. The molecule has 0 aliphatic heterocycles. The highest BCUT2D eigenvalue weighted by atomic mass is 32.2. The minimum Gasteiger partial charge on any atom is -0.382 e. The van der Waals surface area contributed by atoms with Crippen LogP contribution in [0.3, 0.4) is 0 Å². The monoisotopic (exact) mass is 372 g/mol. The highest BCUT2D eigenvalue weighted by molar-refractivity contribution is 7.99. The van der Waals surface area contributed by atoms with E-state index in [0.29, 0.717) is 17.6 Å². The van der Waals surface area contributed by atoms with E-state index in [1.807, 2.05) is 0 Å². The summed E-state index contributed by atoms with van der Waals surface area (Å²) in [4.78, 5) is 34.3. The van der Waals surface area contributed by atoms with Gasteiger partial charge < -0.3 is 14.4 Å². The standard InChI is InChI=1S/C19H20N2O4S/c1-5-14-8-15-9-16(6-7-17(15)20-10-14)25-21(18(23)11-26-4)19(2,12-22)13-24-3/h1,6-10,12H,11,13H2,2-4H3. The van der Waals surface area contributed by atoms with Crippen LogP contribution in [0.2, 0.25) is 0 Å². The highest BCUT2D eigenvalue weighted by Gasteiger charge is 2.38. The van der Waals surface area contributed by atoms with Gasteiger partial charge in [0.1, 0.15) is 0 Å². The summed E-state index contributed by atoms with van der Waals surface area (Å²) in [6.45, 7) is 1.59. The van der Waals surface area contributed by atoms with Crippen LogP contribution in [0.1, 0.15) is 12.5 Å². The maximum atomic E-state index is 12.5. The third-order valence-electron chi connectivity index (χ3n) is 3.66. The van der Waals surface area contributed by atoms with Gasteiger partial charge in [-0.1, -0.05) is 5.92 Å². The molecular formula is C19H20N2O4S. The Kier molecular flexibility index (Phi) is 6.61. The van der Waals surface area contributed by atoms with Crippen LogP contribution >= 0.6 is 11.8 Å². The molecule has 1 atom stereocenters. The lowest BCUT2D eigenvalue weighted by molar-refractivity contribution is -0.182. The van der Waals surface area contributed by atoms with Gasteiger partial charge in [0.15, 0.2) is 17.6 Å². The van der Waals surface area contributed by atoms with Gasteiger partial charge in [0.25, 0.3) is 5.91 Å². The topological polar surface area (TPSA) is 68.7 Å². The van der Waals surface area contributed by atoms with Crippen molar-refractivity contribution < 1.29 is 19.2 Å². The Balaban J connectivity index is 2.40. The van der Waals surface area contributed by atoms with Crippen molar-refractivity contribution in [2.45, 2.75) is 12.5 Å². The lowest BCUT2D eigenvalue weighted by atomic mass is 10.1. The van der Waals surface area contributed by atoms with Crippen LogP contribution in [-0.4, -0.2) is 53.5 Å². The van der Waals surface area contributed by atoms with Crippen molar-refractivity contribution >= 4 is 34.9 Å². The molecule has 2 rings (SSSR count). The number of terminal acetylenes is 1. The number of aromatic nitrogens is 1. The number of hydroxylamine groups is 2. The summed E-state index contributed by atoms with van der Waals surface area (Å²) in [5.74, 6) is 2.76. The summed E-state index contributed by atoms with van der Waals surface area (Å²) < 4.78 is 5.10. The van der Waals surface area contributed by atoms with E-state index in [1.165, 1.54) is 18.9 Å². The van der Waals surface area contributed by atoms with Crippen LogP contribution in [0.25, 0.3) is 10.9 Å². The van der Waals surface area contributed by atoms with E-state index < -0.39 is 5.54 Å². The molecule has 2 aromatic rings. The van der Waals surface area contributed by atoms with Gasteiger partial charge in [-0.2, -0.15) is 16.8 Å². The molecule has 0 aliphatic rings. The number of amides is 1. The van der Waals surface area contributed by atoms with E-state index in [9.17, 15) is 9.59 Å². The SMILES string of the molecule is C#Cc1cnc2ccc(ON(C(=O)CSC)C(C)(C=O)COC)cc2c1. The second-order valence-corrected chi connectivity index (χ2v) is 6.71. The molecule has 6 nitrogen and oxygen atoms in total. The summed E-state index contributed by atoms with van der Waals surface area (Å²) in [6, 6.07) is 6.97. The molecule has 0 fully saturated rings. The van der Waals surface area contributed by atoms with Crippen LogP contribution in [-0.2, 0) is 14.3 Å². The number of carbonyl (C=O) groups excluding carboxylic acids is 2. The van der Waals surface area contributed by atoms with E-state index >= 15 is 0 Å². The Labute approximate surface area is 156 Å². The first-order valence-electron chi connectivity index (χ1n) is 7.79. The lowest BCUT2D eigenvalue weighted by Crippen LogP contribution is -2.56. The molecule has 1 aromatic carbocycles. The second kappa shape index (κ2) is 8.70. The zero-order valence-electron chi connectivity index (χ0n) is 14.9. The van der Waals surface area contributed by atoms with Gasteiger partial charge in [-0.3, -0.25) is 9.78 Å². The minimum absolute atomic E-state index is 0.00694. The number of aldehydes is 1. The number of hydrogen-bond acceptors (Lipinski definition) is 6. The van der Waals surface area contributed by atoms with Crippen molar-refractivity contribution in [2.24, 2.45) is 0 Å². The van der Waals surface area contributed by atoms with Crippen molar-refractivity contribution in [3.05, 3.63) is 36.0 Å². The number of hydrogen-bond donors (Lipinski definition) is 0. The van der Waals surface area contributed by atoms with Gasteiger partial charge in [-0.25, -0.2) is 0 Å². The van der Waals surface area contributed by atoms with Crippen LogP contribution in [0.4, 0.5) is 0 Å². The average Bonchev–Trinajstić information content (AvgIpc) is 2.65. The van der Waals surface area contributed by atoms with Gasteiger partial charge in [0, 0.05) is 24.3 Å². The molecule has 1 heterocycles. The number of carbonyl (C=O) groups is 2. The van der Waals surface area contributed by atoms with E-state index in [0.717, 1.165) is 16.0 Å². The molecule has 1 unspecified atom stereocenters. The Morgan fingerprint density at radius 1 is 1.46 bits per heavy atom. The Hall–Kier alpha value is -2.56. The number of benzene rings is 1. The van der Waals surface area contributed by atoms with Gasteiger partial charge in [-0.15, -0.1) is 6.42 Å². The number of methoxy groups -OCH3 is 1. The van der Waals surface area contributed by atoms with Crippen LogP contribution in [0, 0.1) is 12.3 Å². The number of ether oxygens (including phenoxy) is 1. The Bertz CT molecular complexity index is 849. The average molecular weight is 372 g/mol. The third kappa shape index (κ3) is 4.34. The molecule has 0 aliphatic carbocycles. The lowest BCUT2D eigenvalue weighted by Gasteiger charge is -2.35. The van der Waals surface area contributed by atoms with Crippen molar-refractivity contribution in [2.75, 3.05) is 25.7 Å². The van der Waals surface area contributed by atoms with Gasteiger partial charge in [0.2, 0.25) is 0 Å². The fourth-order valence-corrected chi connectivity index (χ4v) is 2.77.